The highest BCUT2D eigenvalue weighted by molar-refractivity contribution is 6.31. The van der Waals surface area contributed by atoms with Crippen molar-refractivity contribution < 1.29 is 37.1 Å². The molecule has 2 fully saturated rings. The smallest absolute Gasteiger partial charge is 0.327 e. The summed E-state index contributed by atoms with van der Waals surface area (Å²) in [6.45, 7) is 0.691. The number of benzene rings is 2. The van der Waals surface area contributed by atoms with Gasteiger partial charge < -0.3 is 15.0 Å². The average molecular weight is 669 g/mol. The Morgan fingerprint density at radius 2 is 1.91 bits per heavy atom. The lowest BCUT2D eigenvalue weighted by atomic mass is 9.87. The van der Waals surface area contributed by atoms with Crippen LogP contribution in [0.25, 0.3) is 0 Å². The minimum absolute atomic E-state index is 0.0353. The van der Waals surface area contributed by atoms with E-state index in [9.17, 15) is 37.6 Å². The maximum Gasteiger partial charge on any atom is 0.327 e. The van der Waals surface area contributed by atoms with E-state index in [1.54, 1.807) is 19.1 Å². The van der Waals surface area contributed by atoms with E-state index >= 15 is 0 Å². The summed E-state index contributed by atoms with van der Waals surface area (Å²) in [4.78, 5) is 62.2. The molecular formula is C32H28ClF3N6O5. The molecule has 11 nitrogen and oxygen atoms in total. The Kier molecular flexibility index (Phi) is 9.67. The molecule has 0 radical (unpaired) electrons. The predicted molar refractivity (Wildman–Crippen MR) is 163 cm³/mol. The topological polar surface area (TPSA) is 136 Å². The molecule has 1 aromatic heterocycles. The quantitative estimate of drug-likeness (QED) is 0.312. The van der Waals surface area contributed by atoms with Gasteiger partial charge in [-0.05, 0) is 43.3 Å². The molecule has 1 aliphatic heterocycles. The molecule has 1 aliphatic carbocycles. The number of ether oxygens (including phenoxy) is 1. The van der Waals surface area contributed by atoms with E-state index in [0.717, 1.165) is 26.8 Å². The number of alkyl halides is 2. The molecule has 1 saturated carbocycles. The van der Waals surface area contributed by atoms with Gasteiger partial charge in [-0.15, -0.1) is 0 Å². The molecule has 3 aromatic rings. The summed E-state index contributed by atoms with van der Waals surface area (Å²) in [7, 11) is 0. The molecule has 1 saturated heterocycles. The number of esters is 1. The second-order valence-corrected chi connectivity index (χ2v) is 11.4. The standard InChI is InChI=1S/C32H28ClF3N6O5/c1-2-47-27(43)18-40-17-25(42(31(40)46)26-12-19(16-37)10-11-38-26)30(45)41(22-7-5-6-20(34)13-22)28(23-8-3-4-9-24(23)33)29(44)39-21-14-32(35,36)15-21/h3-13,21,25,28H,2,14-15,17-18H2,1H3,(H,39,44)/t25-,28-/m0/s1. The minimum atomic E-state index is -2.96. The first-order valence-electron chi connectivity index (χ1n) is 14.5. The number of aromatic nitrogens is 1. The van der Waals surface area contributed by atoms with Gasteiger partial charge in [0.05, 0.1) is 24.8 Å². The van der Waals surface area contributed by atoms with Gasteiger partial charge in [0.2, 0.25) is 5.91 Å². The van der Waals surface area contributed by atoms with Gasteiger partial charge in [-0.3, -0.25) is 24.2 Å². The third-order valence-electron chi connectivity index (χ3n) is 7.68. The zero-order valence-electron chi connectivity index (χ0n) is 24.9. The number of anilines is 2. The highest BCUT2D eigenvalue weighted by Crippen LogP contribution is 2.39. The summed E-state index contributed by atoms with van der Waals surface area (Å²) in [5, 5.41) is 12.1. The SMILES string of the molecule is CCOC(=O)CN1C[C@@H](C(=O)N(c2cccc(F)c2)[C@H](C(=O)NC2CC(F)(F)C2)c2ccccc2Cl)N(c2cc(C#N)ccn2)C1=O. The van der Waals surface area contributed by atoms with E-state index in [1.165, 1.54) is 42.6 Å². The Labute approximate surface area is 272 Å². The van der Waals surface area contributed by atoms with Crippen molar-refractivity contribution in [3.05, 3.63) is 88.8 Å². The van der Waals surface area contributed by atoms with E-state index in [4.69, 9.17) is 16.3 Å². The second-order valence-electron chi connectivity index (χ2n) is 11.0. The third-order valence-corrected chi connectivity index (χ3v) is 8.02. The Hall–Kier alpha value is -5.16. The molecular weight excluding hydrogens is 641 g/mol. The van der Waals surface area contributed by atoms with Gasteiger partial charge in [-0.1, -0.05) is 35.9 Å². The number of nitrogens with zero attached hydrogens (tertiary/aromatic N) is 5. The van der Waals surface area contributed by atoms with Crippen LogP contribution in [-0.2, 0) is 19.1 Å². The lowest BCUT2D eigenvalue weighted by Gasteiger charge is -2.39. The van der Waals surface area contributed by atoms with Gasteiger partial charge in [0.1, 0.15) is 30.3 Å². The van der Waals surface area contributed by atoms with Crippen LogP contribution in [0.1, 0.15) is 36.9 Å². The van der Waals surface area contributed by atoms with Gasteiger partial charge in [0, 0.05) is 41.4 Å². The third kappa shape index (κ3) is 7.15. The maximum absolute atomic E-state index is 14.8. The van der Waals surface area contributed by atoms with Crippen LogP contribution in [0.2, 0.25) is 5.02 Å². The molecule has 2 aliphatic rings. The molecule has 0 unspecified atom stereocenters. The van der Waals surface area contributed by atoms with Crippen molar-refractivity contribution in [1.82, 2.24) is 15.2 Å². The minimum Gasteiger partial charge on any atom is -0.465 e. The van der Waals surface area contributed by atoms with Crippen molar-refractivity contribution in [2.75, 3.05) is 29.5 Å². The fourth-order valence-electron chi connectivity index (χ4n) is 5.54. The molecule has 5 rings (SSSR count). The average Bonchev–Trinajstić information content (AvgIpc) is 3.34. The molecule has 2 heterocycles. The van der Waals surface area contributed by atoms with Crippen molar-refractivity contribution in [2.45, 2.75) is 43.8 Å². The van der Waals surface area contributed by atoms with Crippen LogP contribution in [0.15, 0.2) is 66.9 Å². The Balaban J connectivity index is 1.63. The molecule has 47 heavy (non-hydrogen) atoms. The number of rotatable bonds is 10. The van der Waals surface area contributed by atoms with Crippen molar-refractivity contribution >= 4 is 46.9 Å². The Morgan fingerprint density at radius 3 is 2.57 bits per heavy atom. The summed E-state index contributed by atoms with van der Waals surface area (Å²) < 4.78 is 47.2. The van der Waals surface area contributed by atoms with Gasteiger partial charge in [0.25, 0.3) is 11.8 Å². The van der Waals surface area contributed by atoms with E-state index in [0.29, 0.717) is 0 Å². The number of carbonyl (C=O) groups is 4. The number of carbonyl (C=O) groups excluding carboxylic acids is 4. The van der Waals surface area contributed by atoms with Crippen LogP contribution < -0.4 is 15.1 Å². The maximum atomic E-state index is 14.8. The molecule has 15 heteroatoms. The van der Waals surface area contributed by atoms with Gasteiger partial charge in [-0.2, -0.15) is 5.26 Å². The van der Waals surface area contributed by atoms with E-state index in [2.05, 4.69) is 10.3 Å². The zero-order chi connectivity index (χ0) is 33.9. The first kappa shape index (κ1) is 33.2. The molecule has 1 N–H and O–H groups in total. The summed E-state index contributed by atoms with van der Waals surface area (Å²) >= 11 is 6.53. The van der Waals surface area contributed by atoms with Crippen molar-refractivity contribution in [3.8, 4) is 6.07 Å². The van der Waals surface area contributed by atoms with Crippen molar-refractivity contribution in [1.29, 1.82) is 5.26 Å². The fraction of sp³-hybridized carbons (Fsp3) is 0.312. The van der Waals surface area contributed by atoms with Crippen LogP contribution in [0.5, 0.6) is 0 Å². The van der Waals surface area contributed by atoms with Gasteiger partial charge in [0.15, 0.2) is 0 Å². The number of nitrogens with one attached hydrogen (secondary N) is 1. The molecule has 4 amide bonds. The van der Waals surface area contributed by atoms with E-state index in [1.807, 2.05) is 6.07 Å². The normalized spacial score (nSPS) is 17.8. The lowest BCUT2D eigenvalue weighted by molar-refractivity contribution is -0.143. The van der Waals surface area contributed by atoms with E-state index < -0.39 is 79.6 Å². The van der Waals surface area contributed by atoms with Crippen LogP contribution in [-0.4, -0.2) is 71.4 Å². The largest absolute Gasteiger partial charge is 0.465 e. The number of urea groups is 1. The number of pyridine rings is 1. The van der Waals surface area contributed by atoms with Crippen LogP contribution in [0, 0.1) is 17.1 Å². The number of nitriles is 1. The summed E-state index contributed by atoms with van der Waals surface area (Å²) in [5.74, 6) is -6.37. The second kappa shape index (κ2) is 13.7. The van der Waals surface area contributed by atoms with Crippen molar-refractivity contribution in [3.63, 3.8) is 0 Å². The molecule has 2 aromatic carbocycles. The first-order valence-corrected chi connectivity index (χ1v) is 14.9. The highest BCUT2D eigenvalue weighted by Gasteiger charge is 2.50. The van der Waals surface area contributed by atoms with Crippen LogP contribution in [0.4, 0.5) is 29.5 Å². The summed E-state index contributed by atoms with van der Waals surface area (Å²) in [6.07, 6.45) is 0.0302. The summed E-state index contributed by atoms with van der Waals surface area (Å²) in [6, 6.07) is 10.6. The predicted octanol–water partition coefficient (Wildman–Crippen LogP) is 4.61. The van der Waals surface area contributed by atoms with Crippen molar-refractivity contribution in [2.24, 2.45) is 0 Å². The summed E-state index contributed by atoms with van der Waals surface area (Å²) in [5.41, 5.74) is 0.105. The zero-order valence-corrected chi connectivity index (χ0v) is 25.7. The lowest BCUT2D eigenvalue weighted by Crippen LogP contribution is -2.56. The number of amides is 4. The number of halogens is 4. The molecule has 2 atom stereocenters. The molecule has 0 bridgehead atoms. The Morgan fingerprint density at radius 1 is 1.17 bits per heavy atom. The van der Waals surface area contributed by atoms with E-state index in [-0.39, 0.29) is 34.3 Å². The number of hydrogen-bond donors (Lipinski definition) is 1. The molecule has 0 spiro atoms. The van der Waals surface area contributed by atoms with Crippen LogP contribution in [0.3, 0.4) is 0 Å². The Bertz CT molecular complexity index is 1750. The first-order chi connectivity index (χ1) is 22.4. The number of hydrogen-bond acceptors (Lipinski definition) is 7. The molecule has 244 valence electrons. The fourth-order valence-corrected chi connectivity index (χ4v) is 5.78. The monoisotopic (exact) mass is 668 g/mol. The van der Waals surface area contributed by atoms with Gasteiger partial charge >= 0.3 is 12.0 Å². The van der Waals surface area contributed by atoms with Gasteiger partial charge in [-0.25, -0.2) is 22.9 Å². The van der Waals surface area contributed by atoms with Crippen LogP contribution >= 0.6 is 11.6 Å². The highest BCUT2D eigenvalue weighted by atomic mass is 35.5.